The Morgan fingerprint density at radius 2 is 1.70 bits per heavy atom. The van der Waals surface area contributed by atoms with Crippen molar-refractivity contribution < 1.29 is 26.1 Å². The fourth-order valence-corrected chi connectivity index (χ4v) is 5.67. The van der Waals surface area contributed by atoms with Gasteiger partial charge in [-0.05, 0) is 48.4 Å². The van der Waals surface area contributed by atoms with Crippen LogP contribution in [-0.4, -0.2) is 38.3 Å². The number of benzene rings is 2. The third-order valence-corrected chi connectivity index (χ3v) is 7.47. The topological polar surface area (TPSA) is 114 Å². The van der Waals surface area contributed by atoms with E-state index in [-0.39, 0.29) is 18.0 Å². The first-order valence-corrected chi connectivity index (χ1v) is 11.6. The van der Waals surface area contributed by atoms with E-state index in [1.54, 1.807) is 25.3 Å². The van der Waals surface area contributed by atoms with E-state index in [1.807, 2.05) is 0 Å². The summed E-state index contributed by atoms with van der Waals surface area (Å²) < 4.78 is 58.1. The number of pyridine rings is 1. The van der Waals surface area contributed by atoms with Crippen LogP contribution < -0.4 is 4.18 Å². The average Bonchev–Trinajstić information content (AvgIpc) is 2.67. The van der Waals surface area contributed by atoms with E-state index in [4.69, 9.17) is 4.18 Å². The standard InChI is InChI=1S/C20H20N2O6S2/c1-15-10-17(23)12-18(11-15)28-30(26,27)20-8-4-3-7-19(20)29(24,25)22(2)14-16-6-5-9-21-13-16/h3-13,23H,14H2,1-2H3. The molecule has 158 valence electrons. The number of rotatable bonds is 7. The maximum Gasteiger partial charge on any atom is 0.340 e. The Hall–Kier alpha value is -2.95. The summed E-state index contributed by atoms with van der Waals surface area (Å²) in [6, 6.07) is 12.6. The fraction of sp³-hybridized carbons (Fsp3) is 0.150. The van der Waals surface area contributed by atoms with Gasteiger partial charge in [0.05, 0.1) is 0 Å². The molecule has 3 aromatic rings. The summed E-state index contributed by atoms with van der Waals surface area (Å²) in [5, 5.41) is 9.68. The van der Waals surface area contributed by atoms with Crippen LogP contribution in [0.5, 0.6) is 11.5 Å². The predicted molar refractivity (Wildman–Crippen MR) is 110 cm³/mol. The van der Waals surface area contributed by atoms with Crippen LogP contribution in [0.3, 0.4) is 0 Å². The van der Waals surface area contributed by atoms with Crippen LogP contribution >= 0.6 is 0 Å². The maximum absolute atomic E-state index is 13.1. The largest absolute Gasteiger partial charge is 0.508 e. The third kappa shape index (κ3) is 4.78. The van der Waals surface area contributed by atoms with Crippen molar-refractivity contribution in [2.45, 2.75) is 23.3 Å². The monoisotopic (exact) mass is 448 g/mol. The summed E-state index contributed by atoms with van der Waals surface area (Å²) >= 11 is 0. The van der Waals surface area contributed by atoms with Gasteiger partial charge in [0, 0.05) is 32.1 Å². The van der Waals surface area contributed by atoms with Crippen LogP contribution in [0.25, 0.3) is 0 Å². The van der Waals surface area contributed by atoms with E-state index in [9.17, 15) is 21.9 Å². The van der Waals surface area contributed by atoms with Gasteiger partial charge in [-0.3, -0.25) is 4.98 Å². The Morgan fingerprint density at radius 3 is 2.33 bits per heavy atom. The molecule has 0 bridgehead atoms. The van der Waals surface area contributed by atoms with E-state index in [2.05, 4.69) is 4.98 Å². The van der Waals surface area contributed by atoms with Crippen molar-refractivity contribution >= 4 is 20.1 Å². The van der Waals surface area contributed by atoms with E-state index < -0.39 is 29.9 Å². The summed E-state index contributed by atoms with van der Waals surface area (Å²) in [6.45, 7) is 1.67. The van der Waals surface area contributed by atoms with Crippen molar-refractivity contribution in [1.29, 1.82) is 0 Å². The normalized spacial score (nSPS) is 12.1. The van der Waals surface area contributed by atoms with Gasteiger partial charge in [-0.25, -0.2) is 8.42 Å². The summed E-state index contributed by atoms with van der Waals surface area (Å²) in [5.74, 6) is -0.291. The molecule has 0 saturated heterocycles. The molecule has 0 unspecified atom stereocenters. The molecule has 8 nitrogen and oxygen atoms in total. The Balaban J connectivity index is 1.98. The lowest BCUT2D eigenvalue weighted by Crippen LogP contribution is -2.28. The number of aryl methyl sites for hydroxylation is 1. The van der Waals surface area contributed by atoms with Crippen molar-refractivity contribution in [3.8, 4) is 11.5 Å². The van der Waals surface area contributed by atoms with Gasteiger partial charge in [-0.15, -0.1) is 0 Å². The van der Waals surface area contributed by atoms with Gasteiger partial charge in [-0.1, -0.05) is 18.2 Å². The predicted octanol–water partition coefficient (Wildman–Crippen LogP) is 2.68. The molecule has 0 amide bonds. The number of phenolic OH excluding ortho intramolecular Hbond substituents is 1. The minimum absolute atomic E-state index is 0.0111. The number of sulfonamides is 1. The molecule has 0 fully saturated rings. The van der Waals surface area contributed by atoms with Crippen LogP contribution in [0, 0.1) is 6.92 Å². The highest BCUT2D eigenvalue weighted by molar-refractivity contribution is 7.91. The Bertz CT molecular complexity index is 1240. The van der Waals surface area contributed by atoms with Crippen molar-refractivity contribution in [2.75, 3.05) is 7.05 Å². The zero-order chi connectivity index (χ0) is 21.9. The Kier molecular flexibility index (Phi) is 6.11. The Labute approximate surface area is 175 Å². The summed E-state index contributed by atoms with van der Waals surface area (Å²) in [5.41, 5.74) is 1.23. The molecular formula is C20H20N2O6S2. The van der Waals surface area contributed by atoms with E-state index in [0.717, 1.165) is 16.4 Å². The first-order valence-electron chi connectivity index (χ1n) is 8.79. The average molecular weight is 449 g/mol. The second kappa shape index (κ2) is 8.42. The zero-order valence-corrected chi connectivity index (χ0v) is 17.9. The zero-order valence-electron chi connectivity index (χ0n) is 16.3. The number of phenols is 1. The number of hydrogen-bond donors (Lipinski definition) is 1. The fourth-order valence-electron chi connectivity index (χ4n) is 2.82. The van der Waals surface area contributed by atoms with Gasteiger partial charge in [0.2, 0.25) is 10.0 Å². The van der Waals surface area contributed by atoms with Gasteiger partial charge in [0.1, 0.15) is 21.3 Å². The highest BCUT2D eigenvalue weighted by Gasteiger charge is 2.31. The minimum Gasteiger partial charge on any atom is -0.508 e. The number of aromatic nitrogens is 1. The quantitative estimate of drug-likeness (QED) is 0.553. The van der Waals surface area contributed by atoms with Gasteiger partial charge in [0.25, 0.3) is 0 Å². The molecule has 0 aliphatic rings. The van der Waals surface area contributed by atoms with Gasteiger partial charge in [-0.2, -0.15) is 12.7 Å². The lowest BCUT2D eigenvalue weighted by molar-refractivity contribution is 0.455. The molecule has 30 heavy (non-hydrogen) atoms. The molecule has 0 aliphatic carbocycles. The van der Waals surface area contributed by atoms with Gasteiger partial charge >= 0.3 is 10.1 Å². The highest BCUT2D eigenvalue weighted by atomic mass is 32.2. The molecule has 2 aromatic carbocycles. The van der Waals surface area contributed by atoms with Crippen LogP contribution in [0.1, 0.15) is 11.1 Å². The molecule has 1 heterocycles. The molecule has 10 heteroatoms. The smallest absolute Gasteiger partial charge is 0.340 e. The number of nitrogens with zero attached hydrogens (tertiary/aromatic N) is 2. The molecular weight excluding hydrogens is 428 g/mol. The highest BCUT2D eigenvalue weighted by Crippen LogP contribution is 2.29. The SMILES string of the molecule is Cc1cc(O)cc(OS(=O)(=O)c2ccccc2S(=O)(=O)N(C)Cc2cccnc2)c1. The molecule has 0 atom stereocenters. The molecule has 0 saturated carbocycles. The summed E-state index contributed by atoms with van der Waals surface area (Å²) in [4.78, 5) is 3.05. The molecule has 1 N–H and O–H groups in total. The summed E-state index contributed by atoms with van der Waals surface area (Å²) in [7, 11) is -7.31. The lowest BCUT2D eigenvalue weighted by Gasteiger charge is -2.19. The molecule has 1 aromatic heterocycles. The first kappa shape index (κ1) is 21.8. The number of hydrogen-bond acceptors (Lipinski definition) is 7. The second-order valence-electron chi connectivity index (χ2n) is 6.61. The lowest BCUT2D eigenvalue weighted by atomic mass is 10.2. The van der Waals surface area contributed by atoms with Gasteiger partial charge in [0.15, 0.2) is 0 Å². The molecule has 3 rings (SSSR count). The number of aromatic hydroxyl groups is 1. The molecule has 0 spiro atoms. The van der Waals surface area contributed by atoms with Crippen LogP contribution in [0.2, 0.25) is 0 Å². The minimum atomic E-state index is -4.50. The van der Waals surface area contributed by atoms with Gasteiger partial charge < -0.3 is 9.29 Å². The molecule has 0 aliphatic heterocycles. The van der Waals surface area contributed by atoms with Crippen molar-refractivity contribution in [3.63, 3.8) is 0 Å². The van der Waals surface area contributed by atoms with E-state index in [0.29, 0.717) is 11.1 Å². The first-order chi connectivity index (χ1) is 14.1. The van der Waals surface area contributed by atoms with E-state index >= 15 is 0 Å². The van der Waals surface area contributed by atoms with Crippen molar-refractivity contribution in [2.24, 2.45) is 0 Å². The Morgan fingerprint density at radius 1 is 1.00 bits per heavy atom. The van der Waals surface area contributed by atoms with Crippen LogP contribution in [-0.2, 0) is 26.7 Å². The summed E-state index contributed by atoms with van der Waals surface area (Å²) in [6.07, 6.45) is 3.10. The second-order valence-corrected chi connectivity index (χ2v) is 10.1. The van der Waals surface area contributed by atoms with Crippen LogP contribution in [0.15, 0.2) is 76.8 Å². The third-order valence-electron chi connectivity index (χ3n) is 4.18. The van der Waals surface area contributed by atoms with Crippen molar-refractivity contribution in [3.05, 3.63) is 78.1 Å². The van der Waals surface area contributed by atoms with Crippen LogP contribution in [0.4, 0.5) is 0 Å². The maximum atomic E-state index is 13.1. The molecule has 0 radical (unpaired) electrons. The van der Waals surface area contributed by atoms with E-state index in [1.165, 1.54) is 43.6 Å². The van der Waals surface area contributed by atoms with Crippen molar-refractivity contribution in [1.82, 2.24) is 9.29 Å².